The summed E-state index contributed by atoms with van der Waals surface area (Å²) < 4.78 is 13.6. The van der Waals surface area contributed by atoms with Gasteiger partial charge in [-0.3, -0.25) is 9.78 Å². The molecule has 2 aromatic rings. The highest BCUT2D eigenvalue weighted by atomic mass is 79.9. The van der Waals surface area contributed by atoms with Gasteiger partial charge in [-0.2, -0.15) is 0 Å². The summed E-state index contributed by atoms with van der Waals surface area (Å²) in [5.41, 5.74) is 1.36. The Balaban J connectivity index is 2.31. The number of nitrogens with zero attached hydrogens (tertiary/aromatic N) is 1. The molecule has 0 aliphatic carbocycles. The fourth-order valence-electron chi connectivity index (χ4n) is 1.76. The molecule has 1 aromatic carbocycles. The van der Waals surface area contributed by atoms with E-state index in [9.17, 15) is 9.18 Å². The van der Waals surface area contributed by atoms with Crippen LogP contribution in [0.5, 0.6) is 0 Å². The third-order valence-electron chi connectivity index (χ3n) is 2.68. The third kappa shape index (κ3) is 3.71. The minimum Gasteiger partial charge on any atom is -0.385 e. The van der Waals surface area contributed by atoms with Crippen molar-refractivity contribution in [2.75, 3.05) is 17.2 Å². The molecule has 1 amide bonds. The molecule has 0 saturated heterocycles. The molecule has 0 atom stereocenters. The highest BCUT2D eigenvalue weighted by Crippen LogP contribution is 2.32. The number of carbonyl (C=O) groups is 1. The van der Waals surface area contributed by atoms with Crippen LogP contribution in [0.2, 0.25) is 5.02 Å². The van der Waals surface area contributed by atoms with Crippen LogP contribution in [0.4, 0.5) is 15.8 Å². The van der Waals surface area contributed by atoms with Crippen molar-refractivity contribution in [3.8, 4) is 0 Å². The minimum absolute atomic E-state index is 0.115. The van der Waals surface area contributed by atoms with E-state index in [1.807, 2.05) is 6.92 Å². The summed E-state index contributed by atoms with van der Waals surface area (Å²) >= 11 is 9.13. The second-order valence-electron chi connectivity index (χ2n) is 4.15. The second kappa shape index (κ2) is 6.87. The van der Waals surface area contributed by atoms with Crippen molar-refractivity contribution in [3.63, 3.8) is 0 Å². The van der Waals surface area contributed by atoms with E-state index in [1.165, 1.54) is 12.3 Å². The molecule has 21 heavy (non-hydrogen) atoms. The number of rotatable bonds is 4. The quantitative estimate of drug-likeness (QED) is 0.840. The van der Waals surface area contributed by atoms with Gasteiger partial charge >= 0.3 is 0 Å². The Morgan fingerprint density at radius 3 is 2.90 bits per heavy atom. The molecule has 0 aliphatic rings. The van der Waals surface area contributed by atoms with Gasteiger partial charge in [-0.1, -0.05) is 11.6 Å². The highest BCUT2D eigenvalue weighted by molar-refractivity contribution is 9.10. The lowest BCUT2D eigenvalue weighted by Crippen LogP contribution is -2.16. The van der Waals surface area contributed by atoms with E-state index in [0.717, 1.165) is 6.07 Å². The molecule has 7 heteroatoms. The number of anilines is 2. The molecule has 2 rings (SSSR count). The predicted octanol–water partition coefficient (Wildman–Crippen LogP) is 4.32. The van der Waals surface area contributed by atoms with Crippen molar-refractivity contribution in [3.05, 3.63) is 51.5 Å². The molecule has 0 radical (unpaired) electrons. The lowest BCUT2D eigenvalue weighted by Gasteiger charge is -2.12. The largest absolute Gasteiger partial charge is 0.385 e. The van der Waals surface area contributed by atoms with Crippen LogP contribution in [0.3, 0.4) is 0 Å². The first-order valence-corrected chi connectivity index (χ1v) is 7.33. The number of hydrogen-bond acceptors (Lipinski definition) is 3. The van der Waals surface area contributed by atoms with Gasteiger partial charge in [0, 0.05) is 23.4 Å². The summed E-state index contributed by atoms with van der Waals surface area (Å²) in [5, 5.41) is 5.85. The van der Waals surface area contributed by atoms with Crippen molar-refractivity contribution < 1.29 is 9.18 Å². The van der Waals surface area contributed by atoms with Crippen LogP contribution in [-0.4, -0.2) is 17.4 Å². The number of pyridine rings is 1. The zero-order valence-corrected chi connectivity index (χ0v) is 13.4. The van der Waals surface area contributed by atoms with Crippen LogP contribution >= 0.6 is 27.5 Å². The predicted molar refractivity (Wildman–Crippen MR) is 85.5 cm³/mol. The molecule has 0 unspecified atom stereocenters. The number of amides is 1. The molecular weight excluding hydrogens is 361 g/mol. The molecule has 2 N–H and O–H groups in total. The van der Waals surface area contributed by atoms with Gasteiger partial charge < -0.3 is 10.6 Å². The van der Waals surface area contributed by atoms with Crippen LogP contribution in [0, 0.1) is 5.82 Å². The van der Waals surface area contributed by atoms with Crippen molar-refractivity contribution in [1.29, 1.82) is 0 Å². The van der Waals surface area contributed by atoms with E-state index in [0.29, 0.717) is 28.0 Å². The number of benzene rings is 1. The molecule has 110 valence electrons. The summed E-state index contributed by atoms with van der Waals surface area (Å²) in [6.45, 7) is 2.60. The summed E-state index contributed by atoms with van der Waals surface area (Å²) in [6, 6.07) is 4.08. The molecule has 0 fully saturated rings. The lowest BCUT2D eigenvalue weighted by atomic mass is 10.2. The molecule has 0 saturated carbocycles. The summed E-state index contributed by atoms with van der Waals surface area (Å²) in [7, 11) is 0. The van der Waals surface area contributed by atoms with E-state index in [2.05, 4.69) is 31.5 Å². The van der Waals surface area contributed by atoms with Crippen LogP contribution in [0.1, 0.15) is 17.3 Å². The Morgan fingerprint density at radius 2 is 2.24 bits per heavy atom. The SMILES string of the molecule is CCNc1ccncc1C(=O)Nc1c(Cl)cc(F)cc1Br. The van der Waals surface area contributed by atoms with Crippen LogP contribution < -0.4 is 10.6 Å². The Hall–Kier alpha value is -1.66. The van der Waals surface area contributed by atoms with Gasteiger partial charge in [0.25, 0.3) is 5.91 Å². The topological polar surface area (TPSA) is 54.0 Å². The maximum Gasteiger partial charge on any atom is 0.259 e. The van der Waals surface area contributed by atoms with E-state index >= 15 is 0 Å². The number of halogens is 3. The molecule has 0 bridgehead atoms. The summed E-state index contributed by atoms with van der Waals surface area (Å²) in [6.07, 6.45) is 3.05. The monoisotopic (exact) mass is 371 g/mol. The molecule has 4 nitrogen and oxygen atoms in total. The van der Waals surface area contributed by atoms with Crippen molar-refractivity contribution in [2.45, 2.75) is 6.92 Å². The lowest BCUT2D eigenvalue weighted by molar-refractivity contribution is 0.102. The first-order chi connectivity index (χ1) is 10.0. The third-order valence-corrected chi connectivity index (χ3v) is 3.60. The van der Waals surface area contributed by atoms with E-state index in [-0.39, 0.29) is 10.9 Å². The first-order valence-electron chi connectivity index (χ1n) is 6.16. The Kier molecular flexibility index (Phi) is 5.14. The molecular formula is C14H12BrClFN3O. The highest BCUT2D eigenvalue weighted by Gasteiger charge is 2.15. The average molecular weight is 373 g/mol. The van der Waals surface area contributed by atoms with Gasteiger partial charge in [0.1, 0.15) is 5.82 Å². The number of carbonyl (C=O) groups excluding carboxylic acids is 1. The van der Waals surface area contributed by atoms with Crippen molar-refractivity contribution >= 4 is 44.8 Å². The Bertz CT molecular complexity index is 658. The van der Waals surface area contributed by atoms with Crippen molar-refractivity contribution in [1.82, 2.24) is 4.98 Å². The van der Waals surface area contributed by atoms with Gasteiger partial charge in [-0.25, -0.2) is 4.39 Å². The molecule has 0 aliphatic heterocycles. The van der Waals surface area contributed by atoms with E-state index in [4.69, 9.17) is 11.6 Å². The van der Waals surface area contributed by atoms with Gasteiger partial charge in [-0.05, 0) is 41.1 Å². The zero-order chi connectivity index (χ0) is 15.4. The fraction of sp³-hybridized carbons (Fsp3) is 0.143. The number of aromatic nitrogens is 1. The fourth-order valence-corrected chi connectivity index (χ4v) is 2.66. The second-order valence-corrected chi connectivity index (χ2v) is 5.41. The maximum atomic E-state index is 13.2. The smallest absolute Gasteiger partial charge is 0.259 e. The molecule has 1 heterocycles. The van der Waals surface area contributed by atoms with Crippen molar-refractivity contribution in [2.24, 2.45) is 0 Å². The Morgan fingerprint density at radius 1 is 1.48 bits per heavy atom. The Labute approximate surface area is 134 Å². The standard InChI is InChI=1S/C14H12BrClFN3O/c1-2-19-12-3-4-18-7-9(12)14(21)20-13-10(15)5-8(17)6-11(13)16/h3-7H,2H2,1H3,(H,18,19)(H,20,21). The van der Waals surface area contributed by atoms with Crippen LogP contribution in [0.15, 0.2) is 35.1 Å². The van der Waals surface area contributed by atoms with Gasteiger partial charge in [-0.15, -0.1) is 0 Å². The summed E-state index contributed by atoms with van der Waals surface area (Å²) in [4.78, 5) is 16.3. The maximum absolute atomic E-state index is 13.2. The van der Waals surface area contributed by atoms with E-state index in [1.54, 1.807) is 12.3 Å². The van der Waals surface area contributed by atoms with Gasteiger partial charge in [0.2, 0.25) is 0 Å². The number of hydrogen-bond donors (Lipinski definition) is 2. The minimum atomic E-state index is -0.486. The molecule has 1 aromatic heterocycles. The van der Waals surface area contributed by atoms with Gasteiger partial charge in [0.15, 0.2) is 0 Å². The van der Waals surface area contributed by atoms with Crippen LogP contribution in [-0.2, 0) is 0 Å². The normalized spacial score (nSPS) is 10.3. The van der Waals surface area contributed by atoms with Gasteiger partial charge in [0.05, 0.1) is 22.0 Å². The average Bonchev–Trinajstić information content (AvgIpc) is 2.43. The van der Waals surface area contributed by atoms with E-state index < -0.39 is 5.82 Å². The zero-order valence-electron chi connectivity index (χ0n) is 11.1. The van der Waals surface area contributed by atoms with Crippen LogP contribution in [0.25, 0.3) is 0 Å². The number of nitrogens with one attached hydrogen (secondary N) is 2. The first kappa shape index (κ1) is 15.7. The summed E-state index contributed by atoms with van der Waals surface area (Å²) in [5.74, 6) is -0.868. The molecule has 0 spiro atoms.